The third-order valence-electron chi connectivity index (χ3n) is 5.31. The van der Waals surface area contributed by atoms with E-state index in [1.54, 1.807) is 0 Å². The number of rotatable bonds is 24. The lowest BCUT2D eigenvalue weighted by molar-refractivity contribution is -0.127. The van der Waals surface area contributed by atoms with E-state index in [4.69, 9.17) is 18.9 Å². The molecule has 0 heterocycles. The van der Waals surface area contributed by atoms with Crippen molar-refractivity contribution in [2.75, 3.05) is 72.5 Å². The van der Waals surface area contributed by atoms with Crippen molar-refractivity contribution in [2.24, 2.45) is 0 Å². The molecule has 0 aliphatic heterocycles. The van der Waals surface area contributed by atoms with E-state index in [9.17, 15) is 19.2 Å². The first-order valence-corrected chi connectivity index (χ1v) is 13.5. The summed E-state index contributed by atoms with van der Waals surface area (Å²) in [5.41, 5.74) is 2.46. The Morgan fingerprint density at radius 3 is 1.74 bits per heavy atom. The summed E-state index contributed by atoms with van der Waals surface area (Å²) in [6, 6.07) is 8.33. The van der Waals surface area contributed by atoms with Gasteiger partial charge in [-0.3, -0.25) is 19.2 Å². The van der Waals surface area contributed by atoms with Crippen LogP contribution >= 0.6 is 0 Å². The molecule has 0 saturated heterocycles. The van der Waals surface area contributed by atoms with Crippen LogP contribution in [0.5, 0.6) is 0 Å². The Morgan fingerprint density at radius 2 is 1.13 bits per heavy atom. The molecule has 220 valence electrons. The monoisotopic (exact) mass is 551 g/mol. The Labute approximate surface area is 231 Å². The van der Waals surface area contributed by atoms with E-state index in [-0.39, 0.29) is 43.3 Å². The topological polar surface area (TPSA) is 141 Å². The number of ketones is 1. The van der Waals surface area contributed by atoms with E-state index in [2.05, 4.69) is 47.1 Å². The van der Waals surface area contributed by atoms with Gasteiger partial charge in [0.05, 0.1) is 39.6 Å². The molecule has 1 aromatic carbocycles. The molecule has 1 rings (SSSR count). The average molecular weight is 552 g/mol. The lowest BCUT2D eigenvalue weighted by Gasteiger charge is -2.09. The minimum Gasteiger partial charge on any atom is -0.377 e. The third kappa shape index (κ3) is 21.7. The summed E-state index contributed by atoms with van der Waals surface area (Å²) < 4.78 is 20.9. The number of hydrogen-bond acceptors (Lipinski definition) is 8. The first-order chi connectivity index (χ1) is 18.9. The van der Waals surface area contributed by atoms with Gasteiger partial charge in [-0.2, -0.15) is 0 Å². The highest BCUT2D eigenvalue weighted by molar-refractivity contribution is 5.77. The number of carbonyl (C=O) groups excluding carboxylic acids is 4. The lowest BCUT2D eigenvalue weighted by atomic mass is 10.1. The minimum absolute atomic E-state index is 0.00816. The number of ether oxygens (including phenoxy) is 4. The van der Waals surface area contributed by atoms with Gasteiger partial charge >= 0.3 is 0 Å². The van der Waals surface area contributed by atoms with Crippen LogP contribution in [0.25, 0.3) is 0 Å². The van der Waals surface area contributed by atoms with Crippen LogP contribution in [-0.4, -0.2) is 96.0 Å². The maximum atomic E-state index is 11.9. The molecule has 0 saturated carbocycles. The fourth-order valence-corrected chi connectivity index (χ4v) is 3.26. The quantitative estimate of drug-likeness (QED) is 0.162. The van der Waals surface area contributed by atoms with Crippen molar-refractivity contribution in [3.63, 3.8) is 0 Å². The zero-order valence-electron chi connectivity index (χ0n) is 23.4. The van der Waals surface area contributed by atoms with Gasteiger partial charge in [0.1, 0.15) is 13.2 Å². The second-order valence-corrected chi connectivity index (χ2v) is 9.02. The average Bonchev–Trinajstić information content (AvgIpc) is 2.90. The predicted octanol–water partition coefficient (Wildman–Crippen LogP) is 1.10. The molecule has 39 heavy (non-hydrogen) atoms. The molecule has 0 spiro atoms. The van der Waals surface area contributed by atoms with Crippen LogP contribution in [0.1, 0.15) is 43.7 Å². The number of hydrogen-bond donors (Lipinski definition) is 3. The van der Waals surface area contributed by atoms with Crippen LogP contribution in [0.3, 0.4) is 0 Å². The van der Waals surface area contributed by atoms with Gasteiger partial charge in [-0.25, -0.2) is 0 Å². The van der Waals surface area contributed by atoms with Crippen molar-refractivity contribution >= 4 is 23.5 Å². The molecule has 0 aliphatic carbocycles. The van der Waals surface area contributed by atoms with Crippen molar-refractivity contribution in [3.05, 3.63) is 35.4 Å². The van der Waals surface area contributed by atoms with Crippen molar-refractivity contribution in [2.45, 2.75) is 46.0 Å². The van der Waals surface area contributed by atoms with Gasteiger partial charge < -0.3 is 34.9 Å². The normalized spacial score (nSPS) is 10.7. The Hall–Kier alpha value is -2.86. The summed E-state index contributed by atoms with van der Waals surface area (Å²) in [6.45, 7) is 6.64. The van der Waals surface area contributed by atoms with Crippen LogP contribution in [0.15, 0.2) is 24.3 Å². The summed E-state index contributed by atoms with van der Waals surface area (Å²) in [5.74, 6) is -0.371. The molecule has 0 unspecified atom stereocenters. The summed E-state index contributed by atoms with van der Waals surface area (Å²) in [5, 5.41) is 8.29. The molecule has 0 fully saturated rings. The number of aryl methyl sites for hydroxylation is 2. The van der Waals surface area contributed by atoms with Gasteiger partial charge in [0.25, 0.3) is 0 Å². The molecular weight excluding hydrogens is 506 g/mol. The molecule has 0 bridgehead atoms. The van der Waals surface area contributed by atoms with E-state index in [0.717, 1.165) is 12.8 Å². The molecule has 3 N–H and O–H groups in total. The number of benzene rings is 1. The fourth-order valence-electron chi connectivity index (χ4n) is 3.26. The van der Waals surface area contributed by atoms with Gasteiger partial charge in [-0.1, -0.05) is 29.8 Å². The largest absolute Gasteiger partial charge is 0.377 e. The van der Waals surface area contributed by atoms with Gasteiger partial charge in [0.15, 0.2) is 5.78 Å². The van der Waals surface area contributed by atoms with Gasteiger partial charge in [0.2, 0.25) is 17.7 Å². The van der Waals surface area contributed by atoms with Crippen molar-refractivity contribution < 1.29 is 38.1 Å². The molecule has 11 heteroatoms. The maximum Gasteiger partial charge on any atom is 0.246 e. The lowest BCUT2D eigenvalue weighted by Crippen LogP contribution is -2.31. The molecule has 1 aromatic rings. The van der Waals surface area contributed by atoms with Crippen LogP contribution < -0.4 is 16.0 Å². The van der Waals surface area contributed by atoms with Gasteiger partial charge in [0, 0.05) is 32.5 Å². The van der Waals surface area contributed by atoms with Crippen LogP contribution in [0, 0.1) is 6.92 Å². The van der Waals surface area contributed by atoms with E-state index >= 15 is 0 Å². The Morgan fingerprint density at radius 1 is 0.615 bits per heavy atom. The Bertz CT molecular complexity index is 833. The summed E-state index contributed by atoms with van der Waals surface area (Å²) in [4.78, 5) is 46.2. The molecule has 0 radical (unpaired) electrons. The highest BCUT2D eigenvalue weighted by Crippen LogP contribution is 2.07. The molecule has 11 nitrogen and oxygen atoms in total. The third-order valence-corrected chi connectivity index (χ3v) is 5.31. The zero-order valence-corrected chi connectivity index (χ0v) is 23.4. The molecular formula is C28H45N3O8. The van der Waals surface area contributed by atoms with E-state index in [0.29, 0.717) is 71.9 Å². The predicted molar refractivity (Wildman–Crippen MR) is 146 cm³/mol. The standard InChI is InChI=1S/C28H45N3O8/c1-23-8-10-25(11-9-23)5-3-6-26(33)29-12-4-7-27(34)30-13-15-36-18-20-39-22-28(35)31-14-16-37-17-19-38-21-24(2)32/h8-11H,3-7,12-22H2,1-2H3,(H,29,33)(H,30,34)(H,31,35). The second kappa shape index (κ2) is 23.1. The van der Waals surface area contributed by atoms with Crippen molar-refractivity contribution in [3.8, 4) is 0 Å². The number of nitrogens with one attached hydrogen (secondary N) is 3. The van der Waals surface area contributed by atoms with E-state index in [1.807, 2.05) is 0 Å². The van der Waals surface area contributed by atoms with Crippen molar-refractivity contribution in [1.82, 2.24) is 16.0 Å². The summed E-state index contributed by atoms with van der Waals surface area (Å²) >= 11 is 0. The van der Waals surface area contributed by atoms with Crippen LogP contribution in [0.4, 0.5) is 0 Å². The molecule has 0 aromatic heterocycles. The number of amides is 3. The van der Waals surface area contributed by atoms with Crippen LogP contribution in [0.2, 0.25) is 0 Å². The number of carbonyl (C=O) groups is 4. The Kier molecular flexibility index (Phi) is 20.2. The maximum absolute atomic E-state index is 11.9. The highest BCUT2D eigenvalue weighted by Gasteiger charge is 2.05. The zero-order chi connectivity index (χ0) is 28.6. The van der Waals surface area contributed by atoms with Crippen LogP contribution in [-0.2, 0) is 44.5 Å². The second-order valence-electron chi connectivity index (χ2n) is 9.02. The first kappa shape index (κ1) is 34.2. The minimum atomic E-state index is -0.253. The smallest absolute Gasteiger partial charge is 0.246 e. The highest BCUT2D eigenvalue weighted by atomic mass is 16.5. The van der Waals surface area contributed by atoms with Crippen molar-refractivity contribution in [1.29, 1.82) is 0 Å². The van der Waals surface area contributed by atoms with E-state index < -0.39 is 0 Å². The molecule has 0 atom stereocenters. The molecule has 0 aliphatic rings. The SMILES string of the molecule is CC(=O)COCCOCCNC(=O)COCCOCCNC(=O)CCCNC(=O)CCCc1ccc(C)cc1. The number of Topliss-reactive ketones (excluding diaryl/α,β-unsaturated/α-hetero) is 1. The summed E-state index contributed by atoms with van der Waals surface area (Å²) in [6.07, 6.45) is 3.06. The molecule has 3 amide bonds. The van der Waals surface area contributed by atoms with E-state index in [1.165, 1.54) is 18.1 Å². The fraction of sp³-hybridized carbons (Fsp3) is 0.643. The van der Waals surface area contributed by atoms with Gasteiger partial charge in [-0.15, -0.1) is 0 Å². The van der Waals surface area contributed by atoms with Gasteiger partial charge in [-0.05, 0) is 38.7 Å². The first-order valence-electron chi connectivity index (χ1n) is 13.5. The summed E-state index contributed by atoms with van der Waals surface area (Å²) in [7, 11) is 0. The Balaban J connectivity index is 1.84.